The average molecular weight is 258 g/mol. The summed E-state index contributed by atoms with van der Waals surface area (Å²) in [7, 11) is 0. The second kappa shape index (κ2) is 5.21. The molecule has 7 heteroatoms. The molecule has 0 aliphatic heterocycles. The van der Waals surface area contributed by atoms with Crippen molar-refractivity contribution in [2.45, 2.75) is 6.92 Å². The molecule has 0 aliphatic rings. The summed E-state index contributed by atoms with van der Waals surface area (Å²) < 4.78 is 0. The van der Waals surface area contributed by atoms with Crippen LogP contribution in [0.4, 0.5) is 11.5 Å². The fourth-order valence-corrected chi connectivity index (χ4v) is 1.47. The van der Waals surface area contributed by atoms with Crippen molar-refractivity contribution in [3.63, 3.8) is 0 Å². The zero-order chi connectivity index (χ0) is 13.8. The Labute approximate surface area is 108 Å². The van der Waals surface area contributed by atoms with Crippen LogP contribution in [0.15, 0.2) is 36.8 Å². The Kier molecular flexibility index (Phi) is 3.46. The van der Waals surface area contributed by atoms with Crippen molar-refractivity contribution in [1.29, 1.82) is 0 Å². The molecule has 2 heterocycles. The van der Waals surface area contributed by atoms with Gasteiger partial charge in [0.1, 0.15) is 12.0 Å². The van der Waals surface area contributed by atoms with Gasteiger partial charge in [-0.3, -0.25) is 19.9 Å². The lowest BCUT2D eigenvalue weighted by molar-refractivity contribution is -0.385. The lowest BCUT2D eigenvalue weighted by Gasteiger charge is -2.06. The molecule has 0 unspecified atom stereocenters. The third-order valence-corrected chi connectivity index (χ3v) is 2.45. The standard InChI is InChI=1S/C12H10N4O3/c1-8-6-10(16(18)19)7-14-11(8)15-12(17)9-2-4-13-5-3-9/h2-7H,1H3,(H,14,15,17). The number of nitrogens with one attached hydrogen (secondary N) is 1. The molecular formula is C12H10N4O3. The minimum atomic E-state index is -0.533. The SMILES string of the molecule is Cc1cc([N+](=O)[O-])cnc1NC(=O)c1ccncc1. The highest BCUT2D eigenvalue weighted by Crippen LogP contribution is 2.18. The van der Waals surface area contributed by atoms with Crippen molar-refractivity contribution >= 4 is 17.4 Å². The van der Waals surface area contributed by atoms with Crippen LogP contribution < -0.4 is 5.32 Å². The van der Waals surface area contributed by atoms with E-state index in [1.807, 2.05) is 0 Å². The first kappa shape index (κ1) is 12.6. The number of amides is 1. The number of aromatic nitrogens is 2. The molecule has 0 atom stereocenters. The van der Waals surface area contributed by atoms with Crippen molar-refractivity contribution in [2.75, 3.05) is 5.32 Å². The van der Waals surface area contributed by atoms with Crippen LogP contribution in [0.5, 0.6) is 0 Å². The maximum absolute atomic E-state index is 11.9. The van der Waals surface area contributed by atoms with Crippen LogP contribution in [-0.2, 0) is 0 Å². The van der Waals surface area contributed by atoms with Crippen LogP contribution in [0.1, 0.15) is 15.9 Å². The highest BCUT2D eigenvalue weighted by atomic mass is 16.6. The van der Waals surface area contributed by atoms with Gasteiger partial charge in [-0.25, -0.2) is 4.98 Å². The fourth-order valence-electron chi connectivity index (χ4n) is 1.47. The van der Waals surface area contributed by atoms with Crippen LogP contribution in [0, 0.1) is 17.0 Å². The van der Waals surface area contributed by atoms with E-state index in [0.717, 1.165) is 6.20 Å². The Bertz CT molecular complexity index is 628. The topological polar surface area (TPSA) is 98.0 Å². The monoisotopic (exact) mass is 258 g/mol. The van der Waals surface area contributed by atoms with Crippen molar-refractivity contribution in [3.8, 4) is 0 Å². The molecule has 0 spiro atoms. The van der Waals surface area contributed by atoms with Crippen molar-refractivity contribution < 1.29 is 9.72 Å². The second-order valence-electron chi connectivity index (χ2n) is 3.81. The molecule has 0 aliphatic carbocycles. The molecule has 1 amide bonds. The lowest BCUT2D eigenvalue weighted by Crippen LogP contribution is -2.14. The third kappa shape index (κ3) is 2.89. The normalized spacial score (nSPS) is 9.95. The van der Waals surface area contributed by atoms with Gasteiger partial charge >= 0.3 is 0 Å². The molecule has 96 valence electrons. The maximum atomic E-state index is 11.9. The first-order chi connectivity index (χ1) is 9.08. The van der Waals surface area contributed by atoms with Gasteiger partial charge in [-0.2, -0.15) is 0 Å². The minimum absolute atomic E-state index is 0.112. The largest absolute Gasteiger partial charge is 0.306 e. The Morgan fingerprint density at radius 2 is 2.05 bits per heavy atom. The Hall–Kier alpha value is -2.83. The summed E-state index contributed by atoms with van der Waals surface area (Å²) in [5.74, 6) is -0.0423. The van der Waals surface area contributed by atoms with Gasteiger partial charge in [-0.05, 0) is 24.6 Å². The van der Waals surface area contributed by atoms with Gasteiger partial charge in [0, 0.05) is 24.0 Å². The zero-order valence-electron chi connectivity index (χ0n) is 10.0. The minimum Gasteiger partial charge on any atom is -0.306 e. The fraction of sp³-hybridized carbons (Fsp3) is 0.0833. The first-order valence-corrected chi connectivity index (χ1v) is 5.40. The molecule has 0 fully saturated rings. The molecule has 19 heavy (non-hydrogen) atoms. The molecule has 2 rings (SSSR count). The van der Waals surface area contributed by atoms with Crippen LogP contribution >= 0.6 is 0 Å². The number of nitro groups is 1. The zero-order valence-corrected chi connectivity index (χ0v) is 10.0. The molecule has 0 bridgehead atoms. The van der Waals surface area contributed by atoms with E-state index in [9.17, 15) is 14.9 Å². The first-order valence-electron chi connectivity index (χ1n) is 5.40. The predicted octanol–water partition coefficient (Wildman–Crippen LogP) is 1.95. The highest BCUT2D eigenvalue weighted by Gasteiger charge is 2.12. The summed E-state index contributed by atoms with van der Waals surface area (Å²) in [6.45, 7) is 1.64. The van der Waals surface area contributed by atoms with Crippen LogP contribution in [-0.4, -0.2) is 20.8 Å². The van der Waals surface area contributed by atoms with E-state index in [4.69, 9.17) is 0 Å². The Balaban J connectivity index is 2.20. The molecule has 0 radical (unpaired) electrons. The summed E-state index contributed by atoms with van der Waals surface area (Å²) in [5.41, 5.74) is 0.852. The van der Waals surface area contributed by atoms with Gasteiger partial charge in [-0.15, -0.1) is 0 Å². The van der Waals surface area contributed by atoms with E-state index >= 15 is 0 Å². The lowest BCUT2D eigenvalue weighted by atomic mass is 10.2. The molecule has 0 saturated heterocycles. The Morgan fingerprint density at radius 3 is 2.63 bits per heavy atom. The smallest absolute Gasteiger partial charge is 0.287 e. The predicted molar refractivity (Wildman–Crippen MR) is 67.8 cm³/mol. The number of carbonyl (C=O) groups is 1. The number of carbonyl (C=O) groups excluding carboxylic acids is 1. The van der Waals surface area contributed by atoms with Crippen LogP contribution in [0.25, 0.3) is 0 Å². The van der Waals surface area contributed by atoms with Crippen LogP contribution in [0.3, 0.4) is 0 Å². The van der Waals surface area contributed by atoms with E-state index < -0.39 is 4.92 Å². The summed E-state index contributed by atoms with van der Waals surface area (Å²) in [6.07, 6.45) is 4.12. The molecule has 0 aromatic carbocycles. The van der Waals surface area contributed by atoms with Crippen molar-refractivity contribution in [3.05, 3.63) is 58.0 Å². The third-order valence-electron chi connectivity index (χ3n) is 2.45. The number of nitrogens with zero attached hydrogens (tertiary/aromatic N) is 3. The van der Waals surface area contributed by atoms with Gasteiger partial charge in [-0.1, -0.05) is 0 Å². The summed E-state index contributed by atoms with van der Waals surface area (Å²) in [6, 6.07) is 4.49. The highest BCUT2D eigenvalue weighted by molar-refractivity contribution is 6.03. The summed E-state index contributed by atoms with van der Waals surface area (Å²) in [5, 5.41) is 13.2. The van der Waals surface area contributed by atoms with E-state index in [-0.39, 0.29) is 11.6 Å². The number of pyridine rings is 2. The van der Waals surface area contributed by atoms with Crippen LogP contribution in [0.2, 0.25) is 0 Å². The number of hydrogen-bond acceptors (Lipinski definition) is 5. The number of rotatable bonds is 3. The van der Waals surface area contributed by atoms with Crippen molar-refractivity contribution in [2.24, 2.45) is 0 Å². The molecule has 2 aromatic heterocycles. The number of aryl methyl sites for hydroxylation is 1. The molecular weight excluding hydrogens is 248 g/mol. The van der Waals surface area contributed by atoms with Gasteiger partial charge in [0.05, 0.1) is 4.92 Å². The van der Waals surface area contributed by atoms with E-state index in [2.05, 4.69) is 15.3 Å². The van der Waals surface area contributed by atoms with Gasteiger partial charge in [0.25, 0.3) is 11.6 Å². The maximum Gasteiger partial charge on any atom is 0.287 e. The number of hydrogen-bond donors (Lipinski definition) is 1. The van der Waals surface area contributed by atoms with E-state index in [0.29, 0.717) is 16.9 Å². The van der Waals surface area contributed by atoms with Gasteiger partial charge in [0.2, 0.25) is 0 Å². The number of anilines is 1. The molecule has 7 nitrogen and oxygen atoms in total. The van der Waals surface area contributed by atoms with Gasteiger partial charge in [0.15, 0.2) is 0 Å². The van der Waals surface area contributed by atoms with E-state index in [1.165, 1.54) is 18.5 Å². The summed E-state index contributed by atoms with van der Waals surface area (Å²) in [4.78, 5) is 29.6. The summed E-state index contributed by atoms with van der Waals surface area (Å²) >= 11 is 0. The van der Waals surface area contributed by atoms with Gasteiger partial charge < -0.3 is 5.32 Å². The Morgan fingerprint density at radius 1 is 1.37 bits per heavy atom. The average Bonchev–Trinajstić information content (AvgIpc) is 2.41. The molecule has 2 aromatic rings. The quantitative estimate of drug-likeness (QED) is 0.670. The molecule has 0 saturated carbocycles. The van der Waals surface area contributed by atoms with Crippen molar-refractivity contribution in [1.82, 2.24) is 9.97 Å². The van der Waals surface area contributed by atoms with E-state index in [1.54, 1.807) is 19.1 Å². The second-order valence-corrected chi connectivity index (χ2v) is 3.81. The molecule has 1 N–H and O–H groups in total.